The van der Waals surface area contributed by atoms with Crippen LogP contribution in [-0.4, -0.2) is 10.9 Å². The van der Waals surface area contributed by atoms with E-state index in [9.17, 15) is 4.79 Å². The van der Waals surface area contributed by atoms with Crippen LogP contribution in [0.5, 0.6) is 0 Å². The summed E-state index contributed by atoms with van der Waals surface area (Å²) in [5, 5.41) is 2.90. The summed E-state index contributed by atoms with van der Waals surface area (Å²) in [7, 11) is 0. The van der Waals surface area contributed by atoms with E-state index in [1.807, 2.05) is 31.2 Å². The molecular formula is C14H14BrN3O. The van der Waals surface area contributed by atoms with Gasteiger partial charge in [0, 0.05) is 4.47 Å². The van der Waals surface area contributed by atoms with Crippen LogP contribution >= 0.6 is 15.9 Å². The molecule has 0 aliphatic heterocycles. The maximum Gasteiger partial charge on any atom is 0.270 e. The molecule has 3 N–H and O–H groups in total. The van der Waals surface area contributed by atoms with E-state index in [0.717, 1.165) is 10.0 Å². The number of benzene rings is 1. The van der Waals surface area contributed by atoms with Crippen molar-refractivity contribution in [1.82, 2.24) is 10.3 Å². The van der Waals surface area contributed by atoms with Gasteiger partial charge in [0.15, 0.2) is 0 Å². The quantitative estimate of drug-likeness (QED) is 0.914. The van der Waals surface area contributed by atoms with Crippen molar-refractivity contribution in [3.8, 4) is 0 Å². The molecule has 4 nitrogen and oxygen atoms in total. The summed E-state index contributed by atoms with van der Waals surface area (Å²) in [5.41, 5.74) is 7.45. The van der Waals surface area contributed by atoms with Crippen LogP contribution in [0.3, 0.4) is 0 Å². The number of nitrogen functional groups attached to an aromatic ring is 1. The Balaban J connectivity index is 2.11. The highest BCUT2D eigenvalue weighted by molar-refractivity contribution is 9.10. The number of halogens is 1. The molecule has 1 atom stereocenters. The fourth-order valence-corrected chi connectivity index (χ4v) is 2.34. The van der Waals surface area contributed by atoms with Crippen LogP contribution in [0.2, 0.25) is 0 Å². The lowest BCUT2D eigenvalue weighted by Crippen LogP contribution is -2.27. The van der Waals surface area contributed by atoms with Gasteiger partial charge in [-0.1, -0.05) is 34.1 Å². The molecular weight excluding hydrogens is 306 g/mol. The molecule has 0 aliphatic carbocycles. The zero-order valence-corrected chi connectivity index (χ0v) is 12.0. The van der Waals surface area contributed by atoms with Gasteiger partial charge in [-0.25, -0.2) is 4.98 Å². The minimum atomic E-state index is -0.219. The molecule has 2 aromatic rings. The monoisotopic (exact) mass is 319 g/mol. The fourth-order valence-electron chi connectivity index (χ4n) is 1.71. The van der Waals surface area contributed by atoms with Crippen LogP contribution in [0.15, 0.2) is 47.1 Å². The summed E-state index contributed by atoms with van der Waals surface area (Å²) in [6, 6.07) is 10.9. The van der Waals surface area contributed by atoms with E-state index in [1.54, 1.807) is 12.1 Å². The SMILES string of the molecule is C[C@@H](NC(=O)c1ccc(N)cn1)c1ccccc1Br. The molecule has 0 fully saturated rings. The summed E-state index contributed by atoms with van der Waals surface area (Å²) in [6.45, 7) is 1.93. The molecule has 0 saturated carbocycles. The Morgan fingerprint density at radius 3 is 2.68 bits per heavy atom. The van der Waals surface area contributed by atoms with E-state index in [2.05, 4.69) is 26.2 Å². The summed E-state index contributed by atoms with van der Waals surface area (Å²) < 4.78 is 0.966. The molecule has 2 rings (SSSR count). The number of aromatic nitrogens is 1. The van der Waals surface area contributed by atoms with Crippen molar-refractivity contribution in [3.05, 3.63) is 58.3 Å². The first-order chi connectivity index (χ1) is 9.08. The van der Waals surface area contributed by atoms with Gasteiger partial charge in [0.1, 0.15) is 5.69 Å². The number of hydrogen-bond acceptors (Lipinski definition) is 3. The van der Waals surface area contributed by atoms with Crippen molar-refractivity contribution >= 4 is 27.5 Å². The first-order valence-corrected chi connectivity index (χ1v) is 6.64. The number of hydrogen-bond donors (Lipinski definition) is 2. The molecule has 0 bridgehead atoms. The van der Waals surface area contributed by atoms with Crippen LogP contribution in [0.25, 0.3) is 0 Å². The van der Waals surface area contributed by atoms with Gasteiger partial charge in [-0.15, -0.1) is 0 Å². The first kappa shape index (κ1) is 13.5. The van der Waals surface area contributed by atoms with Crippen molar-refractivity contribution in [3.63, 3.8) is 0 Å². The van der Waals surface area contributed by atoms with Gasteiger partial charge in [0.05, 0.1) is 17.9 Å². The van der Waals surface area contributed by atoms with Gasteiger partial charge in [-0.2, -0.15) is 0 Å². The second kappa shape index (κ2) is 5.84. The van der Waals surface area contributed by atoms with Gasteiger partial charge in [0.2, 0.25) is 0 Å². The van der Waals surface area contributed by atoms with E-state index in [1.165, 1.54) is 6.20 Å². The molecule has 1 amide bonds. The second-order valence-electron chi connectivity index (χ2n) is 4.19. The maximum atomic E-state index is 12.0. The summed E-state index contributed by atoms with van der Waals surface area (Å²) in [6.07, 6.45) is 1.47. The number of nitrogens with two attached hydrogens (primary N) is 1. The Bertz CT molecular complexity index is 583. The minimum Gasteiger partial charge on any atom is -0.397 e. The highest BCUT2D eigenvalue weighted by Crippen LogP contribution is 2.22. The number of anilines is 1. The summed E-state index contributed by atoms with van der Waals surface area (Å²) in [5.74, 6) is -0.219. The van der Waals surface area contributed by atoms with Crippen LogP contribution < -0.4 is 11.1 Å². The number of carbonyl (C=O) groups is 1. The molecule has 0 spiro atoms. The standard InChI is InChI=1S/C14H14BrN3O/c1-9(11-4-2-3-5-12(11)15)18-14(19)13-7-6-10(16)8-17-13/h2-9H,16H2,1H3,(H,18,19)/t9-/m1/s1. The van der Waals surface area contributed by atoms with E-state index in [0.29, 0.717) is 11.4 Å². The molecule has 98 valence electrons. The number of rotatable bonds is 3. The lowest BCUT2D eigenvalue weighted by atomic mass is 10.1. The lowest BCUT2D eigenvalue weighted by Gasteiger charge is -2.15. The van der Waals surface area contributed by atoms with Crippen molar-refractivity contribution in [2.24, 2.45) is 0 Å². The molecule has 1 aromatic heterocycles. The summed E-state index contributed by atoms with van der Waals surface area (Å²) >= 11 is 3.47. The Morgan fingerprint density at radius 1 is 1.32 bits per heavy atom. The Kier molecular flexibility index (Phi) is 4.16. The second-order valence-corrected chi connectivity index (χ2v) is 5.05. The van der Waals surface area contributed by atoms with Crippen molar-refractivity contribution in [1.29, 1.82) is 0 Å². The molecule has 0 saturated heterocycles. The smallest absolute Gasteiger partial charge is 0.270 e. The third-order valence-electron chi connectivity index (χ3n) is 2.74. The zero-order valence-electron chi connectivity index (χ0n) is 10.4. The Morgan fingerprint density at radius 2 is 2.05 bits per heavy atom. The van der Waals surface area contributed by atoms with Gasteiger partial charge in [0.25, 0.3) is 5.91 Å². The van der Waals surface area contributed by atoms with E-state index in [-0.39, 0.29) is 11.9 Å². The van der Waals surface area contributed by atoms with Crippen molar-refractivity contribution in [2.75, 3.05) is 5.73 Å². The highest BCUT2D eigenvalue weighted by Gasteiger charge is 2.14. The van der Waals surface area contributed by atoms with Crippen LogP contribution in [0.1, 0.15) is 29.0 Å². The summed E-state index contributed by atoms with van der Waals surface area (Å²) in [4.78, 5) is 16.0. The van der Waals surface area contributed by atoms with Gasteiger partial charge in [-0.05, 0) is 30.7 Å². The van der Waals surface area contributed by atoms with E-state index in [4.69, 9.17) is 5.73 Å². The zero-order chi connectivity index (χ0) is 13.8. The maximum absolute atomic E-state index is 12.0. The predicted octanol–water partition coefficient (Wildman–Crippen LogP) is 2.92. The van der Waals surface area contributed by atoms with Gasteiger partial charge < -0.3 is 11.1 Å². The van der Waals surface area contributed by atoms with Crippen molar-refractivity contribution in [2.45, 2.75) is 13.0 Å². The Hall–Kier alpha value is -1.88. The predicted molar refractivity (Wildman–Crippen MR) is 78.7 cm³/mol. The Labute approximate surface area is 120 Å². The normalized spacial score (nSPS) is 11.9. The third-order valence-corrected chi connectivity index (χ3v) is 3.46. The minimum absolute atomic E-state index is 0.109. The largest absolute Gasteiger partial charge is 0.397 e. The number of nitrogens with zero attached hydrogens (tertiary/aromatic N) is 1. The number of amides is 1. The third kappa shape index (κ3) is 3.32. The van der Waals surface area contributed by atoms with Gasteiger partial charge >= 0.3 is 0 Å². The molecule has 0 unspecified atom stereocenters. The number of carbonyl (C=O) groups excluding carboxylic acids is 1. The number of pyridine rings is 1. The van der Waals surface area contributed by atoms with Gasteiger partial charge in [-0.3, -0.25) is 4.79 Å². The average molecular weight is 320 g/mol. The molecule has 0 radical (unpaired) electrons. The molecule has 1 aromatic carbocycles. The highest BCUT2D eigenvalue weighted by atomic mass is 79.9. The van der Waals surface area contributed by atoms with Crippen LogP contribution in [0, 0.1) is 0 Å². The average Bonchev–Trinajstić information content (AvgIpc) is 2.39. The topological polar surface area (TPSA) is 68.0 Å². The van der Waals surface area contributed by atoms with E-state index < -0.39 is 0 Å². The molecule has 19 heavy (non-hydrogen) atoms. The first-order valence-electron chi connectivity index (χ1n) is 5.84. The van der Waals surface area contributed by atoms with Crippen LogP contribution in [0.4, 0.5) is 5.69 Å². The fraction of sp³-hybridized carbons (Fsp3) is 0.143. The molecule has 1 heterocycles. The number of nitrogens with one attached hydrogen (secondary N) is 1. The molecule has 0 aliphatic rings. The lowest BCUT2D eigenvalue weighted by molar-refractivity contribution is 0.0935. The van der Waals surface area contributed by atoms with Crippen LogP contribution in [-0.2, 0) is 0 Å². The molecule has 5 heteroatoms. The van der Waals surface area contributed by atoms with E-state index >= 15 is 0 Å². The van der Waals surface area contributed by atoms with Crippen molar-refractivity contribution < 1.29 is 4.79 Å².